The maximum atomic E-state index is 12.0. The number of hydrogen-bond donors (Lipinski definition) is 0. The van der Waals surface area contributed by atoms with Crippen molar-refractivity contribution in [2.75, 3.05) is 7.11 Å². The number of carbonyl (C=O) groups is 1. The van der Waals surface area contributed by atoms with Crippen molar-refractivity contribution in [1.29, 1.82) is 0 Å². The van der Waals surface area contributed by atoms with Gasteiger partial charge in [-0.25, -0.2) is 0 Å². The monoisotopic (exact) mass is 303 g/mol. The van der Waals surface area contributed by atoms with Gasteiger partial charge < -0.3 is 9.26 Å². The van der Waals surface area contributed by atoms with E-state index in [1.807, 2.05) is 0 Å². The Morgan fingerprint density at radius 2 is 1.60 bits per heavy atom. The number of ether oxygens (including phenoxy) is 1. The van der Waals surface area contributed by atoms with Gasteiger partial charge in [-0.1, -0.05) is 41.5 Å². The lowest BCUT2D eigenvalue weighted by Crippen LogP contribution is -2.49. The number of methoxy groups -OCH3 is 1. The molecule has 0 unspecified atom stereocenters. The van der Waals surface area contributed by atoms with Crippen LogP contribution in [-0.2, 0) is 14.1 Å². The third-order valence-corrected chi connectivity index (χ3v) is 9.72. The lowest BCUT2D eigenvalue weighted by atomic mass is 10.3. The van der Waals surface area contributed by atoms with Gasteiger partial charge >= 0.3 is 5.97 Å². The molecule has 0 saturated heterocycles. The van der Waals surface area contributed by atoms with Crippen molar-refractivity contribution in [2.24, 2.45) is 0 Å². The lowest BCUT2D eigenvalue weighted by Gasteiger charge is -2.43. The molecule has 118 valence electrons. The highest BCUT2D eigenvalue weighted by atomic mass is 28.4. The first kappa shape index (κ1) is 19.0. The van der Waals surface area contributed by atoms with E-state index < -0.39 is 8.32 Å². The minimum atomic E-state index is -2.21. The zero-order chi connectivity index (χ0) is 15.9. The van der Waals surface area contributed by atoms with Gasteiger partial charge in [-0.3, -0.25) is 10.0 Å². The molecule has 0 fully saturated rings. The molecule has 0 spiro atoms. The van der Waals surface area contributed by atoms with Crippen LogP contribution in [0.4, 0.5) is 0 Å². The second-order valence-electron chi connectivity index (χ2n) is 5.99. The number of esters is 1. The quantitative estimate of drug-likeness (QED) is 0.226. The van der Waals surface area contributed by atoms with E-state index in [1.54, 1.807) is 0 Å². The summed E-state index contributed by atoms with van der Waals surface area (Å²) in [6, 6.07) is 0. The van der Waals surface area contributed by atoms with Gasteiger partial charge in [-0.2, -0.15) is 0 Å². The Bertz CT molecular complexity index is 318. The van der Waals surface area contributed by atoms with Crippen molar-refractivity contribution in [3.63, 3.8) is 0 Å². The predicted octanol–water partition coefficient (Wildman–Crippen LogP) is 3.63. The van der Waals surface area contributed by atoms with Crippen molar-refractivity contribution in [3.05, 3.63) is 5.21 Å². The topological polar surface area (TPSA) is 61.6 Å². The van der Waals surface area contributed by atoms with E-state index in [0.717, 1.165) is 0 Å². The lowest BCUT2D eigenvalue weighted by molar-refractivity contribution is -0.702. The van der Waals surface area contributed by atoms with Crippen LogP contribution in [-0.4, -0.2) is 32.5 Å². The van der Waals surface area contributed by atoms with Crippen LogP contribution in [0.3, 0.4) is 0 Å². The zero-order valence-corrected chi connectivity index (χ0v) is 14.8. The molecule has 0 rings (SSSR count). The fraction of sp³-hybridized carbons (Fsp3) is 0.857. The second kappa shape index (κ2) is 8.29. The van der Waals surface area contributed by atoms with Crippen LogP contribution in [0.2, 0.25) is 16.6 Å². The molecule has 5 nitrogen and oxygen atoms in total. The standard InChI is InChI=1S/C14H29NO4Si/c1-11(2)20(12(3)4,13(5)6)19-15(17)10-8-9-14(16)18-7/h10-13H,8-9H2,1-7H3/b15-10+. The first-order chi connectivity index (χ1) is 9.18. The van der Waals surface area contributed by atoms with Crippen molar-refractivity contribution in [1.82, 2.24) is 0 Å². The number of nitrogens with zero attached hydrogens (tertiary/aromatic N) is 1. The highest BCUT2D eigenvalue weighted by molar-refractivity contribution is 6.77. The van der Waals surface area contributed by atoms with Gasteiger partial charge in [-0.15, -0.1) is 0 Å². The third-order valence-electron chi connectivity index (χ3n) is 3.81. The Kier molecular flexibility index (Phi) is 7.86. The predicted molar refractivity (Wildman–Crippen MR) is 83.1 cm³/mol. The second-order valence-corrected chi connectivity index (χ2v) is 11.3. The first-order valence-electron chi connectivity index (χ1n) is 7.24. The summed E-state index contributed by atoms with van der Waals surface area (Å²) in [4.78, 5) is 11.6. The van der Waals surface area contributed by atoms with Crippen LogP contribution < -0.4 is 0 Å². The fourth-order valence-corrected chi connectivity index (χ4v) is 7.92. The Morgan fingerprint density at radius 3 is 1.95 bits per heavy atom. The summed E-state index contributed by atoms with van der Waals surface area (Å²) in [7, 11) is -0.875. The highest BCUT2D eigenvalue weighted by Crippen LogP contribution is 2.42. The van der Waals surface area contributed by atoms with Crippen molar-refractivity contribution in [2.45, 2.75) is 71.0 Å². The molecule has 0 aromatic carbocycles. The average Bonchev–Trinajstić information content (AvgIpc) is 2.34. The number of hydrogen-bond acceptors (Lipinski definition) is 4. The van der Waals surface area contributed by atoms with Gasteiger partial charge in [0.05, 0.1) is 13.5 Å². The normalized spacial score (nSPS) is 13.2. The summed E-state index contributed by atoms with van der Waals surface area (Å²) >= 11 is 0. The first-order valence-corrected chi connectivity index (χ1v) is 9.38. The Morgan fingerprint density at radius 1 is 1.15 bits per heavy atom. The van der Waals surface area contributed by atoms with Crippen LogP contribution in [0.15, 0.2) is 0 Å². The average molecular weight is 303 g/mol. The van der Waals surface area contributed by atoms with E-state index in [-0.39, 0.29) is 12.4 Å². The highest BCUT2D eigenvalue weighted by Gasteiger charge is 2.44. The molecule has 0 aromatic heterocycles. The zero-order valence-electron chi connectivity index (χ0n) is 13.8. The summed E-state index contributed by atoms with van der Waals surface area (Å²) in [5, 5.41) is 12.0. The summed E-state index contributed by atoms with van der Waals surface area (Å²) in [6.07, 6.45) is 1.90. The summed E-state index contributed by atoms with van der Waals surface area (Å²) in [5.74, 6) is -0.324. The molecule has 0 bridgehead atoms. The molecule has 0 aliphatic heterocycles. The van der Waals surface area contributed by atoms with Gasteiger partial charge in [-0.05, 0) is 16.6 Å². The van der Waals surface area contributed by atoms with E-state index in [1.165, 1.54) is 13.3 Å². The van der Waals surface area contributed by atoms with E-state index in [4.69, 9.17) is 4.53 Å². The molecule has 0 saturated carbocycles. The SMILES string of the molecule is COC(=O)CC/C=[N+](\[O-])O[Si](C(C)C)(C(C)C)C(C)C. The van der Waals surface area contributed by atoms with E-state index in [2.05, 4.69) is 46.3 Å². The minimum Gasteiger partial charge on any atom is -0.469 e. The van der Waals surface area contributed by atoms with Gasteiger partial charge in [0.1, 0.15) is 0 Å². The van der Waals surface area contributed by atoms with Crippen molar-refractivity contribution in [3.8, 4) is 0 Å². The summed E-state index contributed by atoms with van der Waals surface area (Å²) in [5.41, 5.74) is 1.02. The molecule has 0 N–H and O–H groups in total. The Hall–Kier alpha value is -1.04. The molecule has 20 heavy (non-hydrogen) atoms. The molecular formula is C14H29NO4Si. The summed E-state index contributed by atoms with van der Waals surface area (Å²) < 4.78 is 10.4. The minimum absolute atomic E-state index is 0.193. The molecule has 0 heterocycles. The van der Waals surface area contributed by atoms with E-state index in [0.29, 0.717) is 27.9 Å². The van der Waals surface area contributed by atoms with Crippen LogP contribution in [0, 0.1) is 5.21 Å². The van der Waals surface area contributed by atoms with Crippen molar-refractivity contribution >= 4 is 20.5 Å². The van der Waals surface area contributed by atoms with Gasteiger partial charge in [0.25, 0.3) is 0 Å². The van der Waals surface area contributed by atoms with E-state index in [9.17, 15) is 10.0 Å². The molecule has 0 amide bonds. The van der Waals surface area contributed by atoms with Crippen molar-refractivity contribution < 1.29 is 19.0 Å². The third kappa shape index (κ3) is 4.81. The summed E-state index contributed by atoms with van der Waals surface area (Å²) in [6.45, 7) is 12.7. The van der Waals surface area contributed by atoms with E-state index >= 15 is 0 Å². The maximum absolute atomic E-state index is 12.0. The van der Waals surface area contributed by atoms with Gasteiger partial charge in [0, 0.05) is 11.3 Å². The molecule has 6 heteroatoms. The Labute approximate surface area is 123 Å². The molecule has 0 aliphatic carbocycles. The van der Waals surface area contributed by atoms with Crippen LogP contribution >= 0.6 is 0 Å². The van der Waals surface area contributed by atoms with Crippen LogP contribution in [0.5, 0.6) is 0 Å². The fourth-order valence-electron chi connectivity index (χ4n) is 2.90. The van der Waals surface area contributed by atoms with Gasteiger partial charge in [0.15, 0.2) is 0 Å². The number of rotatable bonds is 8. The largest absolute Gasteiger partial charge is 0.469 e. The van der Waals surface area contributed by atoms with Crippen LogP contribution in [0.25, 0.3) is 0 Å². The molecule has 0 radical (unpaired) electrons. The Balaban J connectivity index is 4.90. The smallest absolute Gasteiger partial charge is 0.306 e. The molecule has 0 atom stereocenters. The molecular weight excluding hydrogens is 274 g/mol. The molecule has 0 aromatic rings. The molecule has 0 aliphatic rings. The maximum Gasteiger partial charge on any atom is 0.306 e. The number of carbonyl (C=O) groups excluding carboxylic acids is 1. The van der Waals surface area contributed by atoms with Crippen LogP contribution in [0.1, 0.15) is 54.4 Å². The van der Waals surface area contributed by atoms with Gasteiger partial charge in [0.2, 0.25) is 14.5 Å².